The topological polar surface area (TPSA) is 56.3 Å². The lowest BCUT2D eigenvalue weighted by molar-refractivity contribution is 0.760. The minimum Gasteiger partial charge on any atom is -0.356 e. The minimum absolute atomic E-state index is 0.147. The van der Waals surface area contributed by atoms with Gasteiger partial charge in [0, 0.05) is 16.6 Å². The van der Waals surface area contributed by atoms with Crippen molar-refractivity contribution < 1.29 is 0 Å². The van der Waals surface area contributed by atoms with Crippen molar-refractivity contribution in [2.45, 2.75) is 9.28 Å². The maximum Gasteiger partial charge on any atom is 0.146 e. The van der Waals surface area contributed by atoms with Gasteiger partial charge in [0.2, 0.25) is 0 Å². The summed E-state index contributed by atoms with van der Waals surface area (Å²) in [6, 6.07) is 16.5. The Bertz CT molecular complexity index is 1600. The van der Waals surface area contributed by atoms with Gasteiger partial charge in [0.1, 0.15) is 3.23 Å². The Morgan fingerprint density at radius 2 is 1.71 bits per heavy atom. The van der Waals surface area contributed by atoms with Gasteiger partial charge in [0.05, 0.1) is 43.2 Å². The molecule has 2 N–H and O–H groups in total. The third kappa shape index (κ3) is 3.85. The minimum atomic E-state index is -0.588. The third-order valence-corrected chi connectivity index (χ3v) is 9.35. The molecule has 168 valence electrons. The zero-order chi connectivity index (χ0) is 23.4. The number of alkyl halides is 2. The zero-order valence-electron chi connectivity index (χ0n) is 17.5. The number of nitrogens with zero attached hydrogens (tertiary/aromatic N) is 2. The van der Waals surface area contributed by atoms with Crippen molar-refractivity contribution in [2.24, 2.45) is 9.98 Å². The van der Waals surface area contributed by atoms with Crippen molar-refractivity contribution in [3.05, 3.63) is 105 Å². The van der Waals surface area contributed by atoms with Crippen LogP contribution in [-0.4, -0.2) is 27.4 Å². The SMILES string of the molecule is Br/C1=C2\C=CC(=N2)/C=c2/cc(-c3ccccc3)/c([nH]2)=C(\Br)c2ccc([nH]2)C(Br)(Br)C2C=CC1=N2. The molecule has 0 spiro atoms. The number of aliphatic imine (C=N–C) groups is 2. The summed E-state index contributed by atoms with van der Waals surface area (Å²) in [5.41, 5.74) is 6.75. The highest BCUT2D eigenvalue weighted by Crippen LogP contribution is 2.45. The molecule has 0 saturated carbocycles. The van der Waals surface area contributed by atoms with E-state index in [1.165, 1.54) is 0 Å². The lowest BCUT2D eigenvalue weighted by Crippen LogP contribution is -2.24. The molecule has 2 aromatic heterocycles. The summed E-state index contributed by atoms with van der Waals surface area (Å²) in [6.45, 7) is 0. The average molecular weight is 704 g/mol. The van der Waals surface area contributed by atoms with Gasteiger partial charge in [-0.3, -0.25) is 4.99 Å². The van der Waals surface area contributed by atoms with E-state index in [-0.39, 0.29) is 6.04 Å². The molecule has 0 radical (unpaired) electrons. The Balaban J connectivity index is 1.65. The standard InChI is InChI=1S/C26H16Br4N4/c27-23-18-7-6-15(31-18)12-16-13-17(14-4-2-1-3-5-14)25(32-16)24(28)20-9-11-22(34-20)26(29,30)21-10-8-19(23)33-21/h1-13,21,32,34H/b16-12-,23-18+,25-24+. The van der Waals surface area contributed by atoms with Crippen LogP contribution in [-0.2, 0) is 3.23 Å². The number of benzene rings is 1. The molecule has 6 rings (SSSR count). The summed E-state index contributed by atoms with van der Waals surface area (Å²) in [7, 11) is 0. The van der Waals surface area contributed by atoms with E-state index in [0.717, 1.165) is 59.3 Å². The van der Waals surface area contributed by atoms with Gasteiger partial charge in [-0.1, -0.05) is 68.3 Å². The number of aromatic amines is 2. The van der Waals surface area contributed by atoms with Gasteiger partial charge in [-0.05, 0) is 79.9 Å². The quantitative estimate of drug-likeness (QED) is 0.280. The molecule has 0 amide bonds. The van der Waals surface area contributed by atoms with Gasteiger partial charge in [0.25, 0.3) is 0 Å². The van der Waals surface area contributed by atoms with E-state index < -0.39 is 3.23 Å². The largest absolute Gasteiger partial charge is 0.356 e. The van der Waals surface area contributed by atoms with E-state index in [4.69, 9.17) is 9.98 Å². The smallest absolute Gasteiger partial charge is 0.146 e. The van der Waals surface area contributed by atoms with Gasteiger partial charge in [-0.15, -0.1) is 0 Å². The third-order valence-electron chi connectivity index (χ3n) is 5.93. The highest BCUT2D eigenvalue weighted by molar-refractivity contribution is 9.24. The first-order chi connectivity index (χ1) is 16.4. The lowest BCUT2D eigenvalue weighted by Gasteiger charge is -2.23. The maximum atomic E-state index is 4.94. The first-order valence-corrected chi connectivity index (χ1v) is 13.7. The van der Waals surface area contributed by atoms with Crippen LogP contribution in [0.2, 0.25) is 0 Å². The van der Waals surface area contributed by atoms with Crippen molar-refractivity contribution in [3.63, 3.8) is 0 Å². The number of nitrogens with one attached hydrogen (secondary N) is 2. The lowest BCUT2D eigenvalue weighted by atomic mass is 10.1. The van der Waals surface area contributed by atoms with Crippen LogP contribution in [0.3, 0.4) is 0 Å². The Labute approximate surface area is 229 Å². The molecular weight excluding hydrogens is 688 g/mol. The molecule has 8 heteroatoms. The molecule has 3 aromatic rings. The number of hydrogen-bond acceptors (Lipinski definition) is 2. The molecule has 34 heavy (non-hydrogen) atoms. The molecule has 1 unspecified atom stereocenters. The second kappa shape index (κ2) is 8.59. The Hall–Kier alpha value is -2.00. The van der Waals surface area contributed by atoms with Crippen LogP contribution in [0.4, 0.5) is 0 Å². The number of fused-ring (bicyclic) bond motifs is 6. The molecule has 3 aliphatic rings. The van der Waals surface area contributed by atoms with Crippen LogP contribution in [0.5, 0.6) is 0 Å². The Kier molecular flexibility index (Phi) is 5.67. The predicted molar refractivity (Wildman–Crippen MR) is 155 cm³/mol. The van der Waals surface area contributed by atoms with Crippen LogP contribution < -0.4 is 10.7 Å². The number of rotatable bonds is 1. The summed E-state index contributed by atoms with van der Waals surface area (Å²) < 4.78 is 1.23. The second-order valence-corrected chi connectivity index (χ2v) is 13.3. The Morgan fingerprint density at radius 3 is 2.53 bits per heavy atom. The van der Waals surface area contributed by atoms with Crippen LogP contribution in [0.15, 0.2) is 93.0 Å². The zero-order valence-corrected chi connectivity index (χ0v) is 23.8. The fourth-order valence-corrected chi connectivity index (χ4v) is 6.18. The van der Waals surface area contributed by atoms with Crippen LogP contribution in [0.1, 0.15) is 11.4 Å². The number of H-pyrrole nitrogens is 2. The average Bonchev–Trinajstić information content (AvgIpc) is 3.64. The molecule has 1 atom stereocenters. The fourth-order valence-electron chi connectivity index (χ4n) is 4.20. The van der Waals surface area contributed by atoms with Crippen LogP contribution in [0.25, 0.3) is 21.7 Å². The second-order valence-electron chi connectivity index (χ2n) is 8.13. The predicted octanol–water partition coefficient (Wildman–Crippen LogP) is 6.29. The van der Waals surface area contributed by atoms with Gasteiger partial charge < -0.3 is 9.97 Å². The van der Waals surface area contributed by atoms with Gasteiger partial charge >= 0.3 is 0 Å². The number of halogens is 4. The van der Waals surface area contributed by atoms with Crippen molar-refractivity contribution in [3.8, 4) is 11.1 Å². The summed E-state index contributed by atoms with van der Waals surface area (Å²) in [6.07, 6.45) is 10.2. The molecule has 1 aromatic carbocycles. The van der Waals surface area contributed by atoms with Crippen molar-refractivity contribution in [1.29, 1.82) is 0 Å². The van der Waals surface area contributed by atoms with E-state index in [0.29, 0.717) is 0 Å². The number of hydrogen-bond donors (Lipinski definition) is 2. The van der Waals surface area contributed by atoms with Crippen molar-refractivity contribution >= 4 is 85.7 Å². The highest BCUT2D eigenvalue weighted by Gasteiger charge is 2.38. The fraction of sp³-hybridized carbons (Fsp3) is 0.0769. The van der Waals surface area contributed by atoms with E-state index in [2.05, 4.69) is 128 Å². The van der Waals surface area contributed by atoms with Crippen molar-refractivity contribution in [2.75, 3.05) is 0 Å². The maximum absolute atomic E-state index is 4.94. The molecule has 0 aliphatic carbocycles. The van der Waals surface area contributed by atoms with Gasteiger partial charge in [0.15, 0.2) is 0 Å². The summed E-state index contributed by atoms with van der Waals surface area (Å²) in [5, 5.41) is 1.97. The molecule has 8 bridgehead atoms. The summed E-state index contributed by atoms with van der Waals surface area (Å²) >= 11 is 15.3. The molecule has 0 fully saturated rings. The summed E-state index contributed by atoms with van der Waals surface area (Å²) in [5.74, 6) is 0. The first kappa shape index (κ1) is 22.5. The molecule has 4 nitrogen and oxygen atoms in total. The number of aromatic nitrogens is 2. The van der Waals surface area contributed by atoms with Gasteiger partial charge in [-0.2, -0.15) is 0 Å². The van der Waals surface area contributed by atoms with Crippen LogP contribution >= 0.6 is 63.7 Å². The van der Waals surface area contributed by atoms with E-state index in [1.54, 1.807) is 0 Å². The molecular formula is C26H16Br4N4. The number of allylic oxidation sites excluding steroid dienone is 4. The molecule has 5 heterocycles. The van der Waals surface area contributed by atoms with E-state index in [1.807, 2.05) is 24.3 Å². The van der Waals surface area contributed by atoms with Gasteiger partial charge in [-0.25, -0.2) is 4.99 Å². The van der Waals surface area contributed by atoms with E-state index in [9.17, 15) is 0 Å². The van der Waals surface area contributed by atoms with E-state index >= 15 is 0 Å². The van der Waals surface area contributed by atoms with Crippen LogP contribution in [0, 0.1) is 0 Å². The monoisotopic (exact) mass is 700 g/mol. The Morgan fingerprint density at radius 1 is 0.882 bits per heavy atom. The van der Waals surface area contributed by atoms with Crippen molar-refractivity contribution in [1.82, 2.24) is 9.97 Å². The summed E-state index contributed by atoms with van der Waals surface area (Å²) in [4.78, 5) is 16.9. The highest BCUT2D eigenvalue weighted by atomic mass is 79.9. The molecule has 0 saturated heterocycles. The first-order valence-electron chi connectivity index (χ1n) is 10.6. The molecule has 3 aliphatic heterocycles. The normalized spacial score (nSPS) is 25.2.